The molecule has 9 heteroatoms. The molecular formula is C19H19N3O5S. The van der Waals surface area contributed by atoms with Gasteiger partial charge in [-0.25, -0.2) is 4.98 Å². The summed E-state index contributed by atoms with van der Waals surface area (Å²) in [6.45, 7) is 4.01. The topological polar surface area (TPSA) is 104 Å². The van der Waals surface area contributed by atoms with Crippen LogP contribution in [0.25, 0.3) is 10.2 Å². The Bertz CT molecular complexity index is 1020. The molecule has 28 heavy (non-hydrogen) atoms. The second-order valence-electron chi connectivity index (χ2n) is 6.09. The summed E-state index contributed by atoms with van der Waals surface area (Å²) in [6.07, 6.45) is 0.989. The van der Waals surface area contributed by atoms with Crippen LogP contribution in [-0.2, 0) is 0 Å². The SMILES string of the molecule is CC[C@@H](C)Oc1ccc(C(=O)Nc2nc3c(OC)cc([N+](=O)[O-])cc3s2)cc1. The molecule has 1 N–H and O–H groups in total. The average molecular weight is 401 g/mol. The number of rotatable bonds is 7. The first-order valence-corrected chi connectivity index (χ1v) is 9.44. The van der Waals surface area contributed by atoms with E-state index in [0.29, 0.717) is 26.7 Å². The summed E-state index contributed by atoms with van der Waals surface area (Å²) in [6, 6.07) is 9.55. The quantitative estimate of drug-likeness (QED) is 0.457. The Morgan fingerprint density at radius 2 is 2.04 bits per heavy atom. The fourth-order valence-corrected chi connectivity index (χ4v) is 3.38. The van der Waals surface area contributed by atoms with Crippen LogP contribution in [0, 0.1) is 10.1 Å². The molecule has 8 nitrogen and oxygen atoms in total. The predicted octanol–water partition coefficient (Wildman–Crippen LogP) is 4.64. The normalized spacial score (nSPS) is 11.8. The van der Waals surface area contributed by atoms with Crippen LogP contribution < -0.4 is 14.8 Å². The standard InChI is InChI=1S/C19H19N3O5S/c1-4-11(2)27-14-7-5-12(6-8-14)18(23)21-19-20-17-15(26-3)9-13(22(24)25)10-16(17)28-19/h5-11H,4H2,1-3H3,(H,20,21,23)/t11-/m1/s1. The average Bonchev–Trinajstić information content (AvgIpc) is 3.09. The Hall–Kier alpha value is -3.20. The third-order valence-electron chi connectivity index (χ3n) is 4.12. The lowest BCUT2D eigenvalue weighted by Crippen LogP contribution is -2.12. The summed E-state index contributed by atoms with van der Waals surface area (Å²) in [5.41, 5.74) is 0.821. The fraction of sp³-hybridized carbons (Fsp3) is 0.263. The number of nitrogens with zero attached hydrogens (tertiary/aromatic N) is 2. The summed E-state index contributed by atoms with van der Waals surface area (Å²) in [5, 5.41) is 14.1. The van der Waals surface area contributed by atoms with Gasteiger partial charge in [-0.15, -0.1) is 0 Å². The second-order valence-corrected chi connectivity index (χ2v) is 7.12. The molecule has 0 aliphatic heterocycles. The van der Waals surface area contributed by atoms with Gasteiger partial charge in [0.2, 0.25) is 0 Å². The number of methoxy groups -OCH3 is 1. The van der Waals surface area contributed by atoms with Gasteiger partial charge in [-0.05, 0) is 37.6 Å². The molecule has 0 fully saturated rings. The van der Waals surface area contributed by atoms with E-state index in [2.05, 4.69) is 10.3 Å². The summed E-state index contributed by atoms with van der Waals surface area (Å²) >= 11 is 1.14. The third kappa shape index (κ3) is 4.20. The van der Waals surface area contributed by atoms with Gasteiger partial charge in [0.1, 0.15) is 11.3 Å². The van der Waals surface area contributed by atoms with Crippen molar-refractivity contribution in [1.29, 1.82) is 0 Å². The molecule has 0 saturated heterocycles. The highest BCUT2D eigenvalue weighted by Gasteiger charge is 2.17. The number of nitro groups is 1. The van der Waals surface area contributed by atoms with Crippen LogP contribution >= 0.6 is 11.3 Å². The highest BCUT2D eigenvalue weighted by Crippen LogP contribution is 2.36. The largest absolute Gasteiger partial charge is 0.494 e. The van der Waals surface area contributed by atoms with Crippen molar-refractivity contribution in [3.8, 4) is 11.5 Å². The molecule has 0 aliphatic carbocycles. The minimum Gasteiger partial charge on any atom is -0.494 e. The third-order valence-corrected chi connectivity index (χ3v) is 5.04. The lowest BCUT2D eigenvalue weighted by molar-refractivity contribution is -0.384. The van der Waals surface area contributed by atoms with Crippen LogP contribution in [0.3, 0.4) is 0 Å². The summed E-state index contributed by atoms with van der Waals surface area (Å²) in [5.74, 6) is 0.651. The zero-order valence-corrected chi connectivity index (χ0v) is 16.4. The van der Waals surface area contributed by atoms with Crippen LogP contribution in [-0.4, -0.2) is 29.0 Å². The number of ether oxygens (including phenoxy) is 2. The van der Waals surface area contributed by atoms with Gasteiger partial charge in [-0.2, -0.15) is 0 Å². The fourth-order valence-electron chi connectivity index (χ4n) is 2.47. The van der Waals surface area contributed by atoms with Gasteiger partial charge in [0.05, 0.1) is 28.9 Å². The van der Waals surface area contributed by atoms with Gasteiger partial charge in [0, 0.05) is 11.6 Å². The molecule has 1 heterocycles. The Morgan fingerprint density at radius 1 is 1.32 bits per heavy atom. The monoisotopic (exact) mass is 401 g/mol. The number of hydrogen-bond donors (Lipinski definition) is 1. The molecule has 0 saturated carbocycles. The number of nitrogens with one attached hydrogen (secondary N) is 1. The first kappa shape index (κ1) is 19.6. The Labute approximate surface area is 165 Å². The molecule has 1 atom stereocenters. The van der Waals surface area contributed by atoms with Crippen LogP contribution in [0.1, 0.15) is 30.6 Å². The van der Waals surface area contributed by atoms with E-state index in [9.17, 15) is 14.9 Å². The van der Waals surface area contributed by atoms with Crippen molar-refractivity contribution in [2.75, 3.05) is 12.4 Å². The lowest BCUT2D eigenvalue weighted by Gasteiger charge is -2.12. The van der Waals surface area contributed by atoms with E-state index in [-0.39, 0.29) is 23.4 Å². The van der Waals surface area contributed by atoms with Crippen molar-refractivity contribution in [3.63, 3.8) is 0 Å². The molecule has 1 aromatic heterocycles. The number of carbonyl (C=O) groups excluding carboxylic acids is 1. The van der Waals surface area contributed by atoms with Crippen molar-refractivity contribution in [1.82, 2.24) is 4.98 Å². The van der Waals surface area contributed by atoms with Gasteiger partial charge in [0.15, 0.2) is 10.9 Å². The van der Waals surface area contributed by atoms with E-state index in [1.54, 1.807) is 24.3 Å². The molecule has 146 valence electrons. The predicted molar refractivity (Wildman–Crippen MR) is 108 cm³/mol. The molecule has 0 radical (unpaired) electrons. The highest BCUT2D eigenvalue weighted by molar-refractivity contribution is 7.22. The van der Waals surface area contributed by atoms with Crippen molar-refractivity contribution in [2.24, 2.45) is 0 Å². The number of benzene rings is 2. The highest BCUT2D eigenvalue weighted by atomic mass is 32.1. The molecule has 0 bridgehead atoms. The number of aromatic nitrogens is 1. The Morgan fingerprint density at radius 3 is 2.64 bits per heavy atom. The molecular weight excluding hydrogens is 382 g/mol. The number of non-ortho nitro benzene ring substituents is 1. The maximum atomic E-state index is 12.5. The van der Waals surface area contributed by atoms with E-state index < -0.39 is 4.92 Å². The molecule has 1 amide bonds. The number of amides is 1. The molecule has 0 spiro atoms. The summed E-state index contributed by atoms with van der Waals surface area (Å²) in [7, 11) is 1.42. The van der Waals surface area contributed by atoms with Gasteiger partial charge in [0.25, 0.3) is 11.6 Å². The van der Waals surface area contributed by atoms with Crippen molar-refractivity contribution in [2.45, 2.75) is 26.4 Å². The van der Waals surface area contributed by atoms with Crippen molar-refractivity contribution in [3.05, 3.63) is 52.1 Å². The van der Waals surface area contributed by atoms with Gasteiger partial charge in [-0.1, -0.05) is 18.3 Å². The second kappa shape index (κ2) is 8.22. The summed E-state index contributed by atoms with van der Waals surface area (Å²) in [4.78, 5) is 27.4. The number of nitro benzene ring substituents is 1. The van der Waals surface area contributed by atoms with E-state index in [1.807, 2.05) is 13.8 Å². The lowest BCUT2D eigenvalue weighted by atomic mass is 10.2. The van der Waals surface area contributed by atoms with Gasteiger partial charge in [-0.3, -0.25) is 20.2 Å². The minimum atomic E-state index is -0.497. The number of carbonyl (C=O) groups is 1. The van der Waals surface area contributed by atoms with Crippen LogP contribution in [0.5, 0.6) is 11.5 Å². The number of thiazole rings is 1. The first-order valence-electron chi connectivity index (χ1n) is 8.62. The first-order chi connectivity index (χ1) is 13.4. The van der Waals surface area contributed by atoms with E-state index in [0.717, 1.165) is 17.8 Å². The zero-order valence-electron chi connectivity index (χ0n) is 15.6. The van der Waals surface area contributed by atoms with E-state index in [4.69, 9.17) is 9.47 Å². The number of anilines is 1. The molecule has 3 rings (SSSR count). The van der Waals surface area contributed by atoms with Gasteiger partial charge >= 0.3 is 0 Å². The Kier molecular flexibility index (Phi) is 5.74. The van der Waals surface area contributed by atoms with Gasteiger partial charge < -0.3 is 9.47 Å². The molecule has 2 aromatic carbocycles. The van der Waals surface area contributed by atoms with Crippen LogP contribution in [0.4, 0.5) is 10.8 Å². The minimum absolute atomic E-state index is 0.0947. The van der Waals surface area contributed by atoms with E-state index >= 15 is 0 Å². The van der Waals surface area contributed by atoms with Crippen molar-refractivity contribution < 1.29 is 19.2 Å². The maximum Gasteiger partial charge on any atom is 0.274 e. The Balaban J connectivity index is 1.80. The van der Waals surface area contributed by atoms with Crippen molar-refractivity contribution >= 4 is 38.3 Å². The maximum absolute atomic E-state index is 12.5. The zero-order chi connectivity index (χ0) is 20.3. The molecule has 3 aromatic rings. The number of fused-ring (bicyclic) bond motifs is 1. The van der Waals surface area contributed by atoms with Crippen LogP contribution in [0.15, 0.2) is 36.4 Å². The van der Waals surface area contributed by atoms with Crippen LogP contribution in [0.2, 0.25) is 0 Å². The number of hydrogen-bond acceptors (Lipinski definition) is 7. The van der Waals surface area contributed by atoms with E-state index in [1.165, 1.54) is 19.2 Å². The summed E-state index contributed by atoms with van der Waals surface area (Å²) < 4.78 is 11.4. The molecule has 0 aliphatic rings. The molecule has 0 unspecified atom stereocenters. The smallest absolute Gasteiger partial charge is 0.274 e.